The van der Waals surface area contributed by atoms with Crippen molar-refractivity contribution >= 4 is 34.9 Å². The molecule has 4 heteroatoms. The van der Waals surface area contributed by atoms with Crippen molar-refractivity contribution in [1.82, 2.24) is 9.88 Å². The third kappa shape index (κ3) is 1.97. The molecule has 0 amide bonds. The Balaban J connectivity index is 0.00000125. The fraction of sp³-hybridized carbons (Fsp3) is 0.444. The number of fused-ring (bicyclic) bond motifs is 7. The summed E-state index contributed by atoms with van der Waals surface area (Å²) < 4.78 is 0. The quantitative estimate of drug-likeness (QED) is 0.742. The predicted molar refractivity (Wildman–Crippen MR) is 93.7 cm³/mol. The van der Waals surface area contributed by atoms with E-state index in [1.807, 2.05) is 0 Å². The Morgan fingerprint density at radius 3 is 3.00 bits per heavy atom. The van der Waals surface area contributed by atoms with Crippen LogP contribution in [0.15, 0.2) is 35.4 Å². The maximum absolute atomic E-state index is 6.35. The minimum atomic E-state index is 0. The molecule has 0 spiro atoms. The topological polar surface area (TPSA) is 19.0 Å². The number of hydrogen-bond acceptors (Lipinski definition) is 1. The number of nitrogens with one attached hydrogen (secondary N) is 1. The minimum absolute atomic E-state index is 0. The summed E-state index contributed by atoms with van der Waals surface area (Å²) in [5.41, 5.74) is 4.32. The largest absolute Gasteiger partial charge is 0.357 e. The van der Waals surface area contributed by atoms with Gasteiger partial charge in [0.2, 0.25) is 0 Å². The Hall–Kier alpha value is -0.960. The molecule has 0 saturated carbocycles. The van der Waals surface area contributed by atoms with E-state index >= 15 is 0 Å². The van der Waals surface area contributed by atoms with Crippen molar-refractivity contribution in [3.8, 4) is 0 Å². The number of nitrogens with zero attached hydrogens (tertiary/aromatic N) is 1. The van der Waals surface area contributed by atoms with E-state index in [0.29, 0.717) is 12.0 Å². The number of aromatic nitrogens is 1. The maximum atomic E-state index is 6.35. The molecule has 3 unspecified atom stereocenters. The molecule has 1 N–H and O–H groups in total. The molecule has 2 aliphatic heterocycles. The van der Waals surface area contributed by atoms with Gasteiger partial charge in [-0.1, -0.05) is 35.9 Å². The van der Waals surface area contributed by atoms with Gasteiger partial charge in [-0.05, 0) is 42.7 Å². The lowest BCUT2D eigenvalue weighted by atomic mass is 9.79. The summed E-state index contributed by atoms with van der Waals surface area (Å²) >= 11 is 6.35. The van der Waals surface area contributed by atoms with Crippen molar-refractivity contribution in [3.05, 3.63) is 46.6 Å². The van der Waals surface area contributed by atoms with Gasteiger partial charge in [0.25, 0.3) is 0 Å². The summed E-state index contributed by atoms with van der Waals surface area (Å²) in [5, 5.41) is 2.49. The van der Waals surface area contributed by atoms with E-state index < -0.39 is 0 Å². The van der Waals surface area contributed by atoms with Gasteiger partial charge in [-0.25, -0.2) is 0 Å². The highest BCUT2D eigenvalue weighted by Gasteiger charge is 2.46. The van der Waals surface area contributed by atoms with E-state index in [1.54, 1.807) is 5.56 Å². The second kappa shape index (κ2) is 5.30. The van der Waals surface area contributed by atoms with Crippen LogP contribution >= 0.6 is 24.0 Å². The van der Waals surface area contributed by atoms with Gasteiger partial charge in [0, 0.05) is 34.7 Å². The Labute approximate surface area is 141 Å². The zero-order valence-corrected chi connectivity index (χ0v) is 14.0. The maximum Gasteiger partial charge on any atom is 0.0536 e. The molecule has 5 rings (SSSR count). The van der Waals surface area contributed by atoms with E-state index in [9.17, 15) is 0 Å². The summed E-state index contributed by atoms with van der Waals surface area (Å²) in [6, 6.07) is 9.30. The van der Waals surface area contributed by atoms with Gasteiger partial charge in [0.1, 0.15) is 0 Å². The van der Waals surface area contributed by atoms with Crippen LogP contribution in [0.25, 0.3) is 10.9 Å². The molecular weight excluding hydrogens is 315 g/mol. The van der Waals surface area contributed by atoms with Gasteiger partial charge in [-0.2, -0.15) is 0 Å². The summed E-state index contributed by atoms with van der Waals surface area (Å²) in [6.07, 6.45) is 5.64. The lowest BCUT2D eigenvalue weighted by molar-refractivity contribution is 0.210. The van der Waals surface area contributed by atoms with Gasteiger partial charge >= 0.3 is 0 Å². The number of aromatic amines is 1. The standard InChI is InChI=1S/C18H19ClN2.ClH/c19-12-6-5-11-10-21-8-7-14-13-3-1-2-4-16(13)20-17(14)18(21)15(11)9-12;/h1-4,6,11,15,18,20H,5,7-10H2;1H. The number of H-pyrrole nitrogens is 1. The van der Waals surface area contributed by atoms with Crippen molar-refractivity contribution < 1.29 is 0 Å². The van der Waals surface area contributed by atoms with Gasteiger partial charge in [0.15, 0.2) is 0 Å². The van der Waals surface area contributed by atoms with Crippen LogP contribution in [0.5, 0.6) is 0 Å². The van der Waals surface area contributed by atoms with E-state index in [-0.39, 0.29) is 12.4 Å². The monoisotopic (exact) mass is 334 g/mol. The van der Waals surface area contributed by atoms with Crippen LogP contribution in [-0.4, -0.2) is 23.0 Å². The van der Waals surface area contributed by atoms with E-state index in [2.05, 4.69) is 40.2 Å². The van der Waals surface area contributed by atoms with Crippen LogP contribution in [0.1, 0.15) is 30.1 Å². The molecule has 1 fully saturated rings. The molecule has 3 atom stereocenters. The number of hydrogen-bond donors (Lipinski definition) is 1. The molecule has 2 aromatic rings. The van der Waals surface area contributed by atoms with Gasteiger partial charge in [-0.3, -0.25) is 4.90 Å². The van der Waals surface area contributed by atoms with Crippen LogP contribution in [-0.2, 0) is 6.42 Å². The first-order valence-electron chi connectivity index (χ1n) is 7.99. The first-order chi connectivity index (χ1) is 10.3. The number of allylic oxidation sites excluding steroid dienone is 2. The molecule has 0 bridgehead atoms. The number of para-hydroxylation sites is 1. The Kier molecular flexibility index (Phi) is 3.52. The smallest absolute Gasteiger partial charge is 0.0536 e. The molecule has 116 valence electrons. The lowest BCUT2D eigenvalue weighted by Crippen LogP contribution is -2.32. The Morgan fingerprint density at radius 2 is 2.09 bits per heavy atom. The number of rotatable bonds is 0. The highest BCUT2D eigenvalue weighted by atomic mass is 35.5. The molecule has 1 saturated heterocycles. The van der Waals surface area contributed by atoms with E-state index in [1.165, 1.54) is 36.1 Å². The molecule has 1 aromatic carbocycles. The third-order valence-corrected chi connectivity index (χ3v) is 6.05. The zero-order valence-electron chi connectivity index (χ0n) is 12.4. The van der Waals surface area contributed by atoms with Crippen molar-refractivity contribution in [2.75, 3.05) is 13.1 Å². The van der Waals surface area contributed by atoms with Gasteiger partial charge in [0.05, 0.1) is 6.04 Å². The zero-order chi connectivity index (χ0) is 14.0. The summed E-state index contributed by atoms with van der Waals surface area (Å²) in [7, 11) is 0. The molecule has 3 heterocycles. The number of benzene rings is 1. The van der Waals surface area contributed by atoms with Crippen LogP contribution in [0.3, 0.4) is 0 Å². The summed E-state index contributed by atoms with van der Waals surface area (Å²) in [4.78, 5) is 6.42. The van der Waals surface area contributed by atoms with Crippen LogP contribution in [0.2, 0.25) is 0 Å². The predicted octanol–water partition coefficient (Wildman–Crippen LogP) is 4.65. The Morgan fingerprint density at radius 1 is 1.23 bits per heavy atom. The van der Waals surface area contributed by atoms with E-state index in [4.69, 9.17) is 11.6 Å². The molecule has 1 aromatic heterocycles. The third-order valence-electron chi connectivity index (χ3n) is 5.74. The van der Waals surface area contributed by atoms with Crippen LogP contribution < -0.4 is 0 Å². The molecule has 22 heavy (non-hydrogen) atoms. The average Bonchev–Trinajstić information content (AvgIpc) is 3.04. The van der Waals surface area contributed by atoms with Crippen molar-refractivity contribution in [3.63, 3.8) is 0 Å². The SMILES string of the molecule is Cl.ClC1=CCC2CN3CCc4c([nH]c5ccccc45)C3C2C1. The van der Waals surface area contributed by atoms with Crippen molar-refractivity contribution in [2.24, 2.45) is 11.8 Å². The summed E-state index contributed by atoms with van der Waals surface area (Å²) in [6.45, 7) is 2.44. The lowest BCUT2D eigenvalue weighted by Gasteiger charge is -2.33. The molecule has 1 aliphatic carbocycles. The molecule has 0 radical (unpaired) electrons. The fourth-order valence-electron chi connectivity index (χ4n) is 4.82. The van der Waals surface area contributed by atoms with Gasteiger partial charge < -0.3 is 4.98 Å². The first-order valence-corrected chi connectivity index (χ1v) is 8.37. The molecule has 2 nitrogen and oxygen atoms in total. The molecular formula is C18H20Cl2N2. The van der Waals surface area contributed by atoms with Crippen LogP contribution in [0, 0.1) is 11.8 Å². The van der Waals surface area contributed by atoms with E-state index in [0.717, 1.165) is 23.8 Å². The average molecular weight is 335 g/mol. The van der Waals surface area contributed by atoms with Crippen molar-refractivity contribution in [2.45, 2.75) is 25.3 Å². The van der Waals surface area contributed by atoms with Crippen LogP contribution in [0.4, 0.5) is 0 Å². The van der Waals surface area contributed by atoms with Crippen molar-refractivity contribution in [1.29, 1.82) is 0 Å². The van der Waals surface area contributed by atoms with Gasteiger partial charge in [-0.15, -0.1) is 12.4 Å². The fourth-order valence-corrected chi connectivity index (χ4v) is 5.09. The number of halogens is 2. The highest BCUT2D eigenvalue weighted by molar-refractivity contribution is 6.29. The second-order valence-electron chi connectivity index (χ2n) is 6.77. The summed E-state index contributed by atoms with van der Waals surface area (Å²) in [5.74, 6) is 1.48. The first kappa shape index (κ1) is 14.6. The minimum Gasteiger partial charge on any atom is -0.357 e. The second-order valence-corrected chi connectivity index (χ2v) is 7.25. The normalized spacial score (nSPS) is 30.2. The molecule has 3 aliphatic rings. The highest BCUT2D eigenvalue weighted by Crippen LogP contribution is 2.51. The Bertz CT molecular complexity index is 749.